The maximum absolute atomic E-state index is 14.0. The first-order valence-corrected chi connectivity index (χ1v) is 8.76. The number of carbonyl (C=O) groups excluding carboxylic acids is 1. The van der Waals surface area contributed by atoms with Gasteiger partial charge in [0, 0.05) is 11.8 Å². The number of hydrogen-bond donors (Lipinski definition) is 3. The molecule has 2 aromatic heterocycles. The van der Waals surface area contributed by atoms with E-state index in [0.29, 0.717) is 35.5 Å². The van der Waals surface area contributed by atoms with Crippen molar-refractivity contribution in [1.29, 1.82) is 5.41 Å². The standard InChI is InChI=1S/C19H19FN6O2/c1-19(10-28-11-19)18(27)24-23-16(21)15-13-6-4-8-22-17(13)26(25-15)9-12-5-2-3-7-14(12)20/h2-8H,9-11H2,1H3,(H2,21,23)(H,24,27). The number of aromatic nitrogens is 3. The maximum Gasteiger partial charge on any atom is 0.248 e. The summed E-state index contributed by atoms with van der Waals surface area (Å²) in [6.45, 7) is 2.66. The van der Waals surface area contributed by atoms with E-state index in [1.807, 2.05) is 0 Å². The molecule has 3 heterocycles. The normalized spacial score (nSPS) is 15.1. The number of hydrogen-bond acceptors (Lipinski definition) is 5. The summed E-state index contributed by atoms with van der Waals surface area (Å²) in [6, 6.07) is 9.96. The van der Waals surface area contributed by atoms with E-state index in [2.05, 4.69) is 20.9 Å². The number of amidine groups is 1. The molecule has 8 nitrogen and oxygen atoms in total. The molecule has 9 heteroatoms. The third kappa shape index (κ3) is 3.20. The second-order valence-corrected chi connectivity index (χ2v) is 6.98. The molecule has 0 atom stereocenters. The number of rotatable bonds is 4. The van der Waals surface area contributed by atoms with Gasteiger partial charge >= 0.3 is 0 Å². The van der Waals surface area contributed by atoms with E-state index < -0.39 is 5.41 Å². The molecule has 144 valence electrons. The molecule has 0 bridgehead atoms. The van der Waals surface area contributed by atoms with Crippen LogP contribution in [-0.2, 0) is 16.1 Å². The van der Waals surface area contributed by atoms with E-state index in [0.717, 1.165) is 0 Å². The van der Waals surface area contributed by atoms with Gasteiger partial charge in [0.15, 0.2) is 11.5 Å². The molecule has 4 rings (SSSR count). The van der Waals surface area contributed by atoms with E-state index in [1.54, 1.807) is 48.1 Å². The van der Waals surface area contributed by atoms with Crippen LogP contribution in [0, 0.1) is 16.6 Å². The fourth-order valence-corrected chi connectivity index (χ4v) is 2.96. The average molecular weight is 382 g/mol. The van der Waals surface area contributed by atoms with Gasteiger partial charge in [-0.25, -0.2) is 14.1 Å². The van der Waals surface area contributed by atoms with Gasteiger partial charge in [-0.2, -0.15) is 5.10 Å². The Bertz CT molecular complexity index is 1060. The second kappa shape index (κ2) is 7.01. The Balaban J connectivity index is 1.58. The zero-order chi connectivity index (χ0) is 19.7. The summed E-state index contributed by atoms with van der Waals surface area (Å²) in [4.78, 5) is 16.5. The lowest BCUT2D eigenvalue weighted by molar-refractivity contribution is -0.158. The monoisotopic (exact) mass is 382 g/mol. The molecule has 1 saturated heterocycles. The highest BCUT2D eigenvalue weighted by Gasteiger charge is 2.41. The topological polar surface area (TPSA) is 105 Å². The molecule has 1 fully saturated rings. The van der Waals surface area contributed by atoms with Gasteiger partial charge in [0.1, 0.15) is 11.5 Å². The van der Waals surface area contributed by atoms with E-state index in [-0.39, 0.29) is 24.1 Å². The molecule has 1 aliphatic heterocycles. The molecule has 28 heavy (non-hydrogen) atoms. The lowest BCUT2D eigenvalue weighted by Gasteiger charge is -2.36. The van der Waals surface area contributed by atoms with Crippen LogP contribution >= 0.6 is 0 Å². The molecule has 1 aromatic carbocycles. The van der Waals surface area contributed by atoms with E-state index in [1.165, 1.54) is 6.07 Å². The molecule has 1 aliphatic rings. The summed E-state index contributed by atoms with van der Waals surface area (Å²) in [6.07, 6.45) is 1.61. The molecule has 0 spiro atoms. The molecule has 0 radical (unpaired) electrons. The third-order valence-electron chi connectivity index (χ3n) is 4.71. The van der Waals surface area contributed by atoms with Crippen molar-refractivity contribution in [2.24, 2.45) is 5.41 Å². The van der Waals surface area contributed by atoms with Crippen molar-refractivity contribution >= 4 is 22.8 Å². The van der Waals surface area contributed by atoms with Crippen LogP contribution in [0.5, 0.6) is 0 Å². The first-order valence-electron chi connectivity index (χ1n) is 8.76. The number of halogens is 1. The number of nitrogens with zero attached hydrogens (tertiary/aromatic N) is 3. The number of pyridine rings is 1. The van der Waals surface area contributed by atoms with E-state index in [4.69, 9.17) is 10.1 Å². The van der Waals surface area contributed by atoms with Crippen molar-refractivity contribution in [2.75, 3.05) is 13.2 Å². The number of ether oxygens (including phenoxy) is 1. The molecule has 1 amide bonds. The predicted molar refractivity (Wildman–Crippen MR) is 100 cm³/mol. The van der Waals surface area contributed by atoms with Crippen molar-refractivity contribution in [1.82, 2.24) is 25.6 Å². The molecule has 0 aliphatic carbocycles. The van der Waals surface area contributed by atoms with Crippen LogP contribution in [0.3, 0.4) is 0 Å². The van der Waals surface area contributed by atoms with Gasteiger partial charge in [-0.1, -0.05) is 18.2 Å². The molecular weight excluding hydrogens is 363 g/mol. The highest BCUT2D eigenvalue weighted by Crippen LogP contribution is 2.26. The number of benzene rings is 1. The second-order valence-electron chi connectivity index (χ2n) is 6.98. The zero-order valence-electron chi connectivity index (χ0n) is 15.2. The average Bonchev–Trinajstić information content (AvgIpc) is 3.04. The van der Waals surface area contributed by atoms with E-state index >= 15 is 0 Å². The fraction of sp³-hybridized carbons (Fsp3) is 0.263. The number of fused-ring (bicyclic) bond motifs is 1. The Labute approximate surface area is 160 Å². The largest absolute Gasteiger partial charge is 0.379 e. The highest BCUT2D eigenvalue weighted by molar-refractivity contribution is 6.06. The Morgan fingerprint density at radius 2 is 2.07 bits per heavy atom. The maximum atomic E-state index is 14.0. The number of nitrogens with one attached hydrogen (secondary N) is 3. The minimum Gasteiger partial charge on any atom is -0.379 e. The Morgan fingerprint density at radius 3 is 2.79 bits per heavy atom. The zero-order valence-corrected chi connectivity index (χ0v) is 15.2. The van der Waals surface area contributed by atoms with Crippen molar-refractivity contribution in [3.05, 3.63) is 59.7 Å². The van der Waals surface area contributed by atoms with Crippen LogP contribution in [0.2, 0.25) is 0 Å². The van der Waals surface area contributed by atoms with Crippen LogP contribution in [0.15, 0.2) is 42.6 Å². The summed E-state index contributed by atoms with van der Waals surface area (Å²) < 4.78 is 20.7. The SMILES string of the molecule is CC1(C(=O)NNC(=N)c2nn(Cc3ccccc3F)c3ncccc23)COC1. The van der Waals surface area contributed by atoms with Crippen LogP contribution in [0.1, 0.15) is 18.2 Å². The summed E-state index contributed by atoms with van der Waals surface area (Å²) in [5, 5.41) is 13.3. The minimum absolute atomic E-state index is 0.0810. The summed E-state index contributed by atoms with van der Waals surface area (Å²) in [5.74, 6) is -0.667. The smallest absolute Gasteiger partial charge is 0.248 e. The lowest BCUT2D eigenvalue weighted by atomic mass is 9.88. The Morgan fingerprint density at radius 1 is 1.29 bits per heavy atom. The van der Waals surface area contributed by atoms with Crippen LogP contribution < -0.4 is 10.9 Å². The van der Waals surface area contributed by atoms with Gasteiger partial charge in [-0.15, -0.1) is 0 Å². The van der Waals surface area contributed by atoms with Crippen LogP contribution in [-0.4, -0.2) is 39.7 Å². The van der Waals surface area contributed by atoms with Gasteiger partial charge in [0.2, 0.25) is 5.91 Å². The minimum atomic E-state index is -0.596. The Hall–Kier alpha value is -3.33. The molecule has 3 N–H and O–H groups in total. The predicted octanol–water partition coefficient (Wildman–Crippen LogP) is 1.60. The van der Waals surface area contributed by atoms with Crippen LogP contribution in [0.4, 0.5) is 4.39 Å². The van der Waals surface area contributed by atoms with Crippen LogP contribution in [0.25, 0.3) is 11.0 Å². The quantitative estimate of drug-likeness (QED) is 0.361. The van der Waals surface area contributed by atoms with Gasteiger partial charge in [0.05, 0.1) is 30.6 Å². The highest BCUT2D eigenvalue weighted by atomic mass is 19.1. The summed E-state index contributed by atoms with van der Waals surface area (Å²) >= 11 is 0. The number of hydrazine groups is 1. The molecule has 0 unspecified atom stereocenters. The number of amides is 1. The van der Waals surface area contributed by atoms with Crippen molar-refractivity contribution in [2.45, 2.75) is 13.5 Å². The van der Waals surface area contributed by atoms with Crippen molar-refractivity contribution < 1.29 is 13.9 Å². The van der Waals surface area contributed by atoms with Gasteiger partial charge in [0.25, 0.3) is 0 Å². The van der Waals surface area contributed by atoms with Gasteiger partial charge in [-0.3, -0.25) is 21.1 Å². The molecular formula is C19H19FN6O2. The van der Waals surface area contributed by atoms with Crippen molar-refractivity contribution in [3.8, 4) is 0 Å². The Kier molecular flexibility index (Phi) is 4.52. The fourth-order valence-electron chi connectivity index (χ4n) is 2.96. The van der Waals surface area contributed by atoms with E-state index in [9.17, 15) is 9.18 Å². The molecule has 0 saturated carbocycles. The molecule has 3 aromatic rings. The third-order valence-corrected chi connectivity index (χ3v) is 4.71. The van der Waals surface area contributed by atoms with Gasteiger partial charge < -0.3 is 4.74 Å². The number of carbonyl (C=O) groups is 1. The first kappa shape index (κ1) is 18.1. The first-order chi connectivity index (χ1) is 13.5. The summed E-state index contributed by atoms with van der Waals surface area (Å²) in [5.41, 5.74) is 5.85. The lowest BCUT2D eigenvalue weighted by Crippen LogP contribution is -2.56. The van der Waals surface area contributed by atoms with Gasteiger partial charge in [-0.05, 0) is 25.1 Å². The van der Waals surface area contributed by atoms with Crippen molar-refractivity contribution in [3.63, 3.8) is 0 Å². The summed E-state index contributed by atoms with van der Waals surface area (Å²) in [7, 11) is 0.